The van der Waals surface area contributed by atoms with Gasteiger partial charge in [0.2, 0.25) is 0 Å². The van der Waals surface area contributed by atoms with Crippen molar-refractivity contribution in [3.8, 4) is 0 Å². The topological polar surface area (TPSA) is 36.9 Å². The number of hydrogen-bond donors (Lipinski definition) is 0. The van der Waals surface area contributed by atoms with Crippen molar-refractivity contribution in [3.63, 3.8) is 0 Å². The van der Waals surface area contributed by atoms with E-state index in [0.29, 0.717) is 6.61 Å². The molecule has 0 unspecified atom stereocenters. The van der Waals surface area contributed by atoms with Crippen LogP contribution in [0, 0.1) is 0 Å². The molecular formula is C44H46O4Si. The molecule has 2 aliphatic rings. The lowest BCUT2D eigenvalue weighted by atomic mass is 9.80. The molecular weight excluding hydrogens is 621 g/mol. The van der Waals surface area contributed by atoms with Gasteiger partial charge < -0.3 is 18.6 Å². The molecule has 3 atom stereocenters. The van der Waals surface area contributed by atoms with E-state index in [1.165, 1.54) is 10.4 Å². The molecule has 0 amide bonds. The summed E-state index contributed by atoms with van der Waals surface area (Å²) in [7, 11) is -2.89. The highest BCUT2D eigenvalue weighted by Crippen LogP contribution is 2.46. The molecule has 5 aromatic rings. The third-order valence-corrected chi connectivity index (χ3v) is 15.0. The monoisotopic (exact) mass is 666 g/mol. The summed E-state index contributed by atoms with van der Waals surface area (Å²) in [6, 6.07) is 53.1. The van der Waals surface area contributed by atoms with Crippen LogP contribution in [0.3, 0.4) is 0 Å². The molecule has 49 heavy (non-hydrogen) atoms. The second-order valence-electron chi connectivity index (χ2n) is 14.6. The van der Waals surface area contributed by atoms with Gasteiger partial charge in [0.05, 0.1) is 12.7 Å². The first-order valence-electron chi connectivity index (χ1n) is 17.3. The molecule has 1 aliphatic carbocycles. The third-order valence-electron chi connectivity index (χ3n) is 9.92. The first-order chi connectivity index (χ1) is 23.6. The SMILES string of the molecule is CC1(C)O[C@H]2[C@@H](O[Si](c3ccccc3)(c3ccccc3)C(C)(C)C)C=C(COC(c3ccccc3)(c3ccccc3)c3ccccc3)[C@H]2O1. The normalized spacial score (nSPS) is 20.5. The molecule has 1 saturated heterocycles. The molecule has 4 nitrogen and oxygen atoms in total. The molecule has 7 rings (SSSR count). The van der Waals surface area contributed by atoms with Gasteiger partial charge in [-0.2, -0.15) is 0 Å². The fourth-order valence-electron chi connectivity index (χ4n) is 7.80. The number of hydrogen-bond acceptors (Lipinski definition) is 4. The van der Waals surface area contributed by atoms with E-state index in [1.807, 2.05) is 32.0 Å². The Morgan fingerprint density at radius 2 is 1.00 bits per heavy atom. The third kappa shape index (κ3) is 6.15. The molecule has 5 aromatic carbocycles. The van der Waals surface area contributed by atoms with Crippen molar-refractivity contribution >= 4 is 18.7 Å². The molecule has 1 fully saturated rings. The maximum absolute atomic E-state index is 7.66. The van der Waals surface area contributed by atoms with Gasteiger partial charge in [0, 0.05) is 0 Å². The Hall–Kier alpha value is -4.10. The highest BCUT2D eigenvalue weighted by Gasteiger charge is 2.57. The maximum atomic E-state index is 7.66. The Morgan fingerprint density at radius 3 is 1.41 bits per heavy atom. The number of fused-ring (bicyclic) bond motifs is 1. The summed E-state index contributed by atoms with van der Waals surface area (Å²) in [6.07, 6.45) is 1.28. The van der Waals surface area contributed by atoms with Crippen molar-refractivity contribution in [3.05, 3.63) is 180 Å². The molecule has 0 radical (unpaired) electrons. The van der Waals surface area contributed by atoms with E-state index in [0.717, 1.165) is 22.3 Å². The largest absolute Gasteiger partial charge is 0.398 e. The van der Waals surface area contributed by atoms with E-state index in [9.17, 15) is 0 Å². The molecule has 0 saturated carbocycles. The van der Waals surface area contributed by atoms with Crippen LogP contribution in [-0.4, -0.2) is 39.0 Å². The summed E-state index contributed by atoms with van der Waals surface area (Å²) >= 11 is 0. The van der Waals surface area contributed by atoms with Crippen LogP contribution < -0.4 is 10.4 Å². The lowest BCUT2D eigenvalue weighted by Crippen LogP contribution is -2.68. The summed E-state index contributed by atoms with van der Waals surface area (Å²) in [5.41, 5.74) is 3.36. The van der Waals surface area contributed by atoms with E-state index >= 15 is 0 Å². The van der Waals surface area contributed by atoms with Crippen molar-refractivity contribution in [2.75, 3.05) is 6.61 Å². The van der Waals surface area contributed by atoms with Crippen molar-refractivity contribution in [2.24, 2.45) is 0 Å². The molecule has 0 bridgehead atoms. The molecule has 0 N–H and O–H groups in total. The van der Waals surface area contributed by atoms with Crippen LogP contribution in [0.25, 0.3) is 0 Å². The van der Waals surface area contributed by atoms with Gasteiger partial charge in [0.1, 0.15) is 17.8 Å². The highest BCUT2D eigenvalue weighted by atomic mass is 28.4. The summed E-state index contributed by atoms with van der Waals surface area (Å²) < 4.78 is 28.3. The number of rotatable bonds is 10. The number of ether oxygens (including phenoxy) is 3. The fourth-order valence-corrected chi connectivity index (χ4v) is 12.4. The van der Waals surface area contributed by atoms with E-state index in [2.05, 4.69) is 160 Å². The van der Waals surface area contributed by atoms with Crippen LogP contribution in [-0.2, 0) is 24.2 Å². The minimum Gasteiger partial charge on any atom is -0.398 e. The zero-order chi connectivity index (χ0) is 34.1. The van der Waals surface area contributed by atoms with Crippen molar-refractivity contribution in [1.29, 1.82) is 0 Å². The summed E-state index contributed by atoms with van der Waals surface area (Å²) in [5, 5.41) is 2.28. The van der Waals surface area contributed by atoms with Crippen LogP contribution in [0.1, 0.15) is 51.3 Å². The summed E-state index contributed by atoms with van der Waals surface area (Å²) in [5.74, 6) is -0.767. The lowest BCUT2D eigenvalue weighted by molar-refractivity contribution is -0.152. The summed E-state index contributed by atoms with van der Waals surface area (Å²) in [4.78, 5) is 0. The molecule has 0 spiro atoms. The zero-order valence-corrected chi connectivity index (χ0v) is 30.1. The van der Waals surface area contributed by atoms with Crippen LogP contribution >= 0.6 is 0 Å². The van der Waals surface area contributed by atoms with Crippen molar-refractivity contribution < 1.29 is 18.6 Å². The second-order valence-corrected chi connectivity index (χ2v) is 18.8. The fraction of sp³-hybridized carbons (Fsp3) is 0.273. The van der Waals surface area contributed by atoms with Gasteiger partial charge in [-0.25, -0.2) is 0 Å². The smallest absolute Gasteiger partial charge is 0.262 e. The Kier molecular flexibility index (Phi) is 9.07. The van der Waals surface area contributed by atoms with E-state index in [-0.39, 0.29) is 23.4 Å². The van der Waals surface area contributed by atoms with Gasteiger partial charge in [-0.05, 0) is 51.5 Å². The van der Waals surface area contributed by atoms with Crippen molar-refractivity contribution in [2.45, 2.75) is 69.4 Å². The molecule has 0 aromatic heterocycles. The predicted octanol–water partition coefficient (Wildman–Crippen LogP) is 8.40. The Morgan fingerprint density at radius 1 is 0.592 bits per heavy atom. The van der Waals surface area contributed by atoms with Gasteiger partial charge in [-0.1, -0.05) is 179 Å². The molecule has 5 heteroatoms. The Labute approximate surface area is 292 Å². The van der Waals surface area contributed by atoms with Crippen molar-refractivity contribution in [1.82, 2.24) is 0 Å². The van der Waals surface area contributed by atoms with Crippen LogP contribution in [0.2, 0.25) is 5.04 Å². The quantitative estimate of drug-likeness (QED) is 0.0853. The average molecular weight is 667 g/mol. The Balaban J connectivity index is 1.33. The first kappa shape index (κ1) is 33.4. The van der Waals surface area contributed by atoms with E-state index in [1.54, 1.807) is 0 Å². The van der Waals surface area contributed by atoms with Gasteiger partial charge >= 0.3 is 0 Å². The molecule has 1 aliphatic heterocycles. The van der Waals surface area contributed by atoms with E-state index in [4.69, 9.17) is 18.6 Å². The van der Waals surface area contributed by atoms with Crippen LogP contribution in [0.15, 0.2) is 163 Å². The highest BCUT2D eigenvalue weighted by molar-refractivity contribution is 6.99. The van der Waals surface area contributed by atoms with Gasteiger partial charge in [0.15, 0.2) is 5.79 Å². The first-order valence-corrected chi connectivity index (χ1v) is 19.2. The zero-order valence-electron chi connectivity index (χ0n) is 29.1. The maximum Gasteiger partial charge on any atom is 0.262 e. The number of benzene rings is 5. The molecule has 1 heterocycles. The van der Waals surface area contributed by atoms with Crippen LogP contribution in [0.5, 0.6) is 0 Å². The predicted molar refractivity (Wildman–Crippen MR) is 200 cm³/mol. The minimum absolute atomic E-state index is 0.184. The minimum atomic E-state index is -2.89. The summed E-state index contributed by atoms with van der Waals surface area (Å²) in [6.45, 7) is 11.2. The van der Waals surface area contributed by atoms with Crippen LogP contribution in [0.4, 0.5) is 0 Å². The Bertz CT molecular complexity index is 1720. The standard InChI is InChI=1S/C44H46O4Si/c1-42(2,3)49(37-27-17-9-18-28-37,38-29-19-10-20-30-38)48-39-31-33(40-41(39)47-43(4,5)46-40)32-45-44(34-21-11-6-12-22-34,35-23-13-7-14-24-35)36-25-15-8-16-26-36/h6-31,39-41H,32H2,1-5H3/t39-,40+,41-/m0/s1. The molecule has 250 valence electrons. The average Bonchev–Trinajstić information content (AvgIpc) is 3.61. The second kappa shape index (κ2) is 13.3. The lowest BCUT2D eigenvalue weighted by Gasteiger charge is -2.45. The van der Waals surface area contributed by atoms with Gasteiger partial charge in [-0.15, -0.1) is 0 Å². The van der Waals surface area contributed by atoms with Gasteiger partial charge in [0.25, 0.3) is 8.32 Å². The van der Waals surface area contributed by atoms with Gasteiger partial charge in [-0.3, -0.25) is 0 Å². The van der Waals surface area contributed by atoms with E-state index < -0.39 is 19.7 Å².